The van der Waals surface area contributed by atoms with E-state index in [1.807, 2.05) is 0 Å². The fraction of sp³-hybridized carbons (Fsp3) is 0.667. The number of hydrogen-bond acceptors (Lipinski definition) is 12. The molecule has 0 aliphatic carbocycles. The number of H-pyrrole nitrogens is 1. The summed E-state index contributed by atoms with van der Waals surface area (Å²) >= 11 is 0. The molecule has 0 aromatic carbocycles. The Labute approximate surface area is 184 Å². The minimum absolute atomic E-state index is 0.179. The van der Waals surface area contributed by atoms with Gasteiger partial charge >= 0.3 is 29.2 Å². The molecule has 1 saturated heterocycles. The number of aliphatic hydroxyl groups is 1. The molecule has 1 aromatic heterocycles. The van der Waals surface area contributed by atoms with Crippen LogP contribution in [0.1, 0.15) is 6.23 Å². The summed E-state index contributed by atoms with van der Waals surface area (Å²) in [7, 11) is -12.5. The van der Waals surface area contributed by atoms with Gasteiger partial charge in [0.05, 0.1) is 6.61 Å². The maximum absolute atomic E-state index is 12.4. The second kappa shape index (κ2) is 10.2. The standard InChI is InChI=1S/C12H22N3O15P3/c1-14(2)7-4-8(16)15(12(18)13-7)11-10(26-3)9(17)6(28-11)5-27-32(22,23)30-33(24,25)29-31(19,20)21/h4,6,9-11,17H,5H2,1-3H3,(H,13,18)(H,22,23)(H,24,25)(H2,19,20,21)/t6-,9?,10+,11-/m1/s1. The maximum Gasteiger partial charge on any atom is 0.490 e. The topological polar surface area (TPSA) is 257 Å². The summed E-state index contributed by atoms with van der Waals surface area (Å²) in [5.41, 5.74) is -1.74. The summed E-state index contributed by atoms with van der Waals surface area (Å²) in [4.78, 5) is 64.4. The minimum atomic E-state index is -5.74. The van der Waals surface area contributed by atoms with Gasteiger partial charge in [0.25, 0.3) is 5.56 Å². The van der Waals surface area contributed by atoms with Crippen molar-refractivity contribution in [2.24, 2.45) is 0 Å². The fourth-order valence-electron chi connectivity index (χ4n) is 2.76. The van der Waals surface area contributed by atoms with Gasteiger partial charge in [-0.3, -0.25) is 14.3 Å². The van der Waals surface area contributed by atoms with Crippen LogP contribution >= 0.6 is 23.5 Å². The first-order valence-electron chi connectivity index (χ1n) is 8.64. The van der Waals surface area contributed by atoms with Gasteiger partial charge in [-0.25, -0.2) is 23.1 Å². The summed E-state index contributed by atoms with van der Waals surface area (Å²) in [6, 6.07) is 1.07. The summed E-state index contributed by atoms with van der Waals surface area (Å²) < 4.78 is 56.5. The summed E-state index contributed by atoms with van der Waals surface area (Å²) in [6.45, 7) is -1.01. The number of phosphoric ester groups is 1. The Hall–Kier alpha value is -1.23. The Balaban J connectivity index is 2.19. The molecule has 0 spiro atoms. The van der Waals surface area contributed by atoms with E-state index in [2.05, 4.69) is 18.1 Å². The van der Waals surface area contributed by atoms with E-state index in [9.17, 15) is 33.3 Å². The summed E-state index contributed by atoms with van der Waals surface area (Å²) in [6.07, 6.45) is -5.99. The van der Waals surface area contributed by atoms with E-state index in [-0.39, 0.29) is 5.82 Å². The molecule has 2 heterocycles. The van der Waals surface area contributed by atoms with E-state index in [0.29, 0.717) is 4.57 Å². The number of ether oxygens (including phenoxy) is 2. The molecular weight excluding hydrogens is 519 g/mol. The smallest absolute Gasteiger partial charge is 0.387 e. The Kier molecular flexibility index (Phi) is 8.64. The van der Waals surface area contributed by atoms with Crippen molar-refractivity contribution in [1.29, 1.82) is 0 Å². The number of aliphatic hydroxyl groups excluding tert-OH is 1. The Morgan fingerprint density at radius 2 is 1.73 bits per heavy atom. The molecule has 0 saturated carbocycles. The van der Waals surface area contributed by atoms with Crippen molar-refractivity contribution in [3.8, 4) is 0 Å². The molecular formula is C12H22N3O15P3. The third kappa shape index (κ3) is 7.37. The van der Waals surface area contributed by atoms with Crippen LogP contribution in [-0.2, 0) is 36.3 Å². The minimum Gasteiger partial charge on any atom is -0.387 e. The van der Waals surface area contributed by atoms with E-state index < -0.39 is 65.9 Å². The predicted molar refractivity (Wildman–Crippen MR) is 106 cm³/mol. The number of nitrogens with one attached hydrogen (secondary N) is 1. The van der Waals surface area contributed by atoms with Crippen LogP contribution in [0.2, 0.25) is 0 Å². The Bertz CT molecular complexity index is 1080. The van der Waals surface area contributed by atoms with Gasteiger partial charge in [0.15, 0.2) is 6.23 Å². The van der Waals surface area contributed by atoms with Crippen LogP contribution in [0.5, 0.6) is 0 Å². The number of anilines is 1. The highest BCUT2D eigenvalue weighted by molar-refractivity contribution is 7.66. The van der Waals surface area contributed by atoms with Crippen LogP contribution in [0.3, 0.4) is 0 Å². The second-order valence-corrected chi connectivity index (χ2v) is 11.1. The molecule has 0 radical (unpaired) electrons. The number of phosphoric acid groups is 3. The normalized spacial score (nSPS) is 27.2. The maximum atomic E-state index is 12.4. The van der Waals surface area contributed by atoms with E-state index in [1.54, 1.807) is 14.1 Å². The molecule has 0 bridgehead atoms. The molecule has 1 aromatic rings. The highest BCUT2D eigenvalue weighted by Crippen LogP contribution is 2.66. The number of hydrogen-bond donors (Lipinski definition) is 6. The second-order valence-electron chi connectivity index (χ2n) is 6.71. The first kappa shape index (κ1) is 28.0. The molecule has 33 heavy (non-hydrogen) atoms. The van der Waals surface area contributed by atoms with Gasteiger partial charge in [0, 0.05) is 27.3 Å². The Morgan fingerprint density at radius 1 is 1.12 bits per heavy atom. The largest absolute Gasteiger partial charge is 0.490 e. The van der Waals surface area contributed by atoms with Gasteiger partial charge < -0.3 is 39.1 Å². The average Bonchev–Trinajstić information content (AvgIpc) is 2.91. The first-order valence-corrected chi connectivity index (χ1v) is 13.2. The fourth-order valence-corrected chi connectivity index (χ4v) is 5.79. The zero-order valence-electron chi connectivity index (χ0n) is 17.1. The van der Waals surface area contributed by atoms with Crippen LogP contribution in [-0.4, -0.2) is 80.4 Å². The quantitative estimate of drug-likeness (QED) is 0.179. The third-order valence-corrected chi connectivity index (χ3v) is 7.89. The number of aromatic nitrogens is 2. The van der Waals surface area contributed by atoms with Gasteiger partial charge in [-0.1, -0.05) is 0 Å². The number of nitrogens with zero attached hydrogens (tertiary/aromatic N) is 2. The first-order chi connectivity index (χ1) is 15.0. The van der Waals surface area contributed by atoms with E-state index in [0.717, 1.165) is 13.2 Å². The molecule has 2 rings (SSSR count). The van der Waals surface area contributed by atoms with Crippen molar-refractivity contribution in [2.45, 2.75) is 24.5 Å². The third-order valence-electron chi connectivity index (χ3n) is 4.09. The molecule has 3 unspecified atom stereocenters. The van der Waals surface area contributed by atoms with Crippen molar-refractivity contribution >= 4 is 29.3 Å². The summed E-state index contributed by atoms with van der Waals surface area (Å²) in [5.74, 6) is 0.179. The predicted octanol–water partition coefficient (Wildman–Crippen LogP) is -1.78. The highest BCUT2D eigenvalue weighted by atomic mass is 31.3. The molecule has 18 nitrogen and oxygen atoms in total. The van der Waals surface area contributed by atoms with Crippen LogP contribution < -0.4 is 16.1 Å². The molecule has 6 atom stereocenters. The zero-order valence-corrected chi connectivity index (χ0v) is 19.8. The molecule has 1 aliphatic rings. The van der Waals surface area contributed by atoms with Crippen molar-refractivity contribution in [3.63, 3.8) is 0 Å². The van der Waals surface area contributed by atoms with Gasteiger partial charge in [0.1, 0.15) is 24.1 Å². The van der Waals surface area contributed by atoms with E-state index in [4.69, 9.17) is 24.2 Å². The molecule has 1 aliphatic heterocycles. The molecule has 6 N–H and O–H groups in total. The van der Waals surface area contributed by atoms with Crippen molar-refractivity contribution in [2.75, 3.05) is 32.7 Å². The van der Waals surface area contributed by atoms with Crippen LogP contribution in [0.15, 0.2) is 15.7 Å². The van der Waals surface area contributed by atoms with Crippen LogP contribution in [0, 0.1) is 0 Å². The van der Waals surface area contributed by atoms with Gasteiger partial charge in [-0.05, 0) is 0 Å². The lowest BCUT2D eigenvalue weighted by Crippen LogP contribution is -2.43. The highest BCUT2D eigenvalue weighted by Gasteiger charge is 2.48. The Morgan fingerprint density at radius 3 is 2.21 bits per heavy atom. The number of methoxy groups -OCH3 is 1. The molecule has 0 amide bonds. The van der Waals surface area contributed by atoms with Crippen LogP contribution in [0.25, 0.3) is 0 Å². The average molecular weight is 541 g/mol. The summed E-state index contributed by atoms with van der Waals surface area (Å²) in [5, 5.41) is 10.4. The van der Waals surface area contributed by atoms with Gasteiger partial charge in [0.2, 0.25) is 0 Å². The molecule has 1 fully saturated rings. The van der Waals surface area contributed by atoms with E-state index >= 15 is 0 Å². The van der Waals surface area contributed by atoms with Crippen molar-refractivity contribution < 1.29 is 61.0 Å². The number of aromatic amines is 1. The molecule has 21 heteroatoms. The van der Waals surface area contributed by atoms with E-state index in [1.165, 1.54) is 4.90 Å². The van der Waals surface area contributed by atoms with Crippen molar-refractivity contribution in [3.05, 3.63) is 26.9 Å². The van der Waals surface area contributed by atoms with Crippen LogP contribution in [0.4, 0.5) is 5.82 Å². The lowest BCUT2D eigenvalue weighted by atomic mass is 10.1. The van der Waals surface area contributed by atoms with Crippen molar-refractivity contribution in [1.82, 2.24) is 9.55 Å². The van der Waals surface area contributed by atoms with Gasteiger partial charge in [-0.2, -0.15) is 8.62 Å². The molecule has 190 valence electrons. The SMILES string of the molecule is CO[C@H]1C(O)[C@@H](COP(=O)(O)OP(=O)(O)OP(=O)(O)O)O[C@H]1n1c(=O)cc(N(C)C)[nH]c1=O. The lowest BCUT2D eigenvalue weighted by Gasteiger charge is -2.20. The van der Waals surface area contributed by atoms with Gasteiger partial charge in [-0.15, -0.1) is 0 Å². The monoisotopic (exact) mass is 541 g/mol. The lowest BCUT2D eigenvalue weighted by molar-refractivity contribution is -0.0634. The number of rotatable bonds is 10. The zero-order chi connectivity index (χ0) is 25.4.